The van der Waals surface area contributed by atoms with Crippen molar-refractivity contribution in [3.8, 4) is 0 Å². The van der Waals surface area contributed by atoms with E-state index in [1.165, 1.54) is 16.4 Å². The number of halogens is 1. The molecule has 1 atom stereocenters. The zero-order valence-corrected chi connectivity index (χ0v) is 11.5. The second-order valence-electron chi connectivity index (χ2n) is 4.50. The van der Waals surface area contributed by atoms with Crippen molar-refractivity contribution in [1.29, 1.82) is 0 Å². The summed E-state index contributed by atoms with van der Waals surface area (Å²) >= 11 is 0. The van der Waals surface area contributed by atoms with E-state index >= 15 is 0 Å². The number of nitrogens with zero attached hydrogens (tertiary/aromatic N) is 1. The molecule has 1 aromatic carbocycles. The van der Waals surface area contributed by atoms with Gasteiger partial charge >= 0.3 is 0 Å². The highest BCUT2D eigenvalue weighted by Gasteiger charge is 2.31. The Bertz CT molecular complexity index is 562. The van der Waals surface area contributed by atoms with E-state index in [2.05, 4.69) is 0 Å². The van der Waals surface area contributed by atoms with Gasteiger partial charge in [-0.05, 0) is 25.1 Å². The second-order valence-corrected chi connectivity index (χ2v) is 6.39. The molecule has 0 radical (unpaired) electrons. The van der Waals surface area contributed by atoms with Crippen LogP contribution in [0, 0.1) is 5.82 Å². The monoisotopic (exact) mass is 288 g/mol. The molecular weight excluding hydrogens is 271 g/mol. The van der Waals surface area contributed by atoms with Crippen molar-refractivity contribution in [1.82, 2.24) is 4.31 Å². The first kappa shape index (κ1) is 14.4. The molecule has 0 saturated carbocycles. The molecule has 0 aromatic heterocycles. The minimum Gasteiger partial charge on any atom is -0.378 e. The molecule has 2 rings (SSSR count). The molecule has 2 N–H and O–H groups in total. The van der Waals surface area contributed by atoms with E-state index in [1.807, 2.05) is 0 Å². The summed E-state index contributed by atoms with van der Waals surface area (Å²) < 4.78 is 44.9. The van der Waals surface area contributed by atoms with Gasteiger partial charge < -0.3 is 10.5 Å². The summed E-state index contributed by atoms with van der Waals surface area (Å²) in [5.74, 6) is -0.489. The molecule has 1 unspecified atom stereocenters. The summed E-state index contributed by atoms with van der Waals surface area (Å²) in [5.41, 5.74) is 5.60. The maximum Gasteiger partial charge on any atom is 0.243 e. The lowest BCUT2D eigenvalue weighted by molar-refractivity contribution is 0.0392. The maximum atomic E-state index is 13.4. The molecule has 0 spiro atoms. The summed E-state index contributed by atoms with van der Waals surface area (Å²) in [4.78, 5) is 0.0723. The zero-order chi connectivity index (χ0) is 14.0. The third-order valence-electron chi connectivity index (χ3n) is 3.15. The van der Waals surface area contributed by atoms with Crippen LogP contribution in [0.2, 0.25) is 0 Å². The highest BCUT2D eigenvalue weighted by atomic mass is 32.2. The van der Waals surface area contributed by atoms with Crippen LogP contribution >= 0.6 is 0 Å². The van der Waals surface area contributed by atoms with E-state index in [0.717, 1.165) is 6.07 Å². The van der Waals surface area contributed by atoms with Gasteiger partial charge in [0.05, 0.1) is 18.1 Å². The van der Waals surface area contributed by atoms with Crippen LogP contribution < -0.4 is 5.73 Å². The second kappa shape index (κ2) is 5.54. The van der Waals surface area contributed by atoms with Gasteiger partial charge in [0, 0.05) is 24.7 Å². The molecule has 1 aromatic rings. The average Bonchev–Trinajstić information content (AvgIpc) is 2.39. The summed E-state index contributed by atoms with van der Waals surface area (Å²) in [6.07, 6.45) is 0. The molecular formula is C12H17FN2O3S. The first-order valence-corrected chi connectivity index (χ1v) is 7.49. The largest absolute Gasteiger partial charge is 0.378 e. The van der Waals surface area contributed by atoms with Crippen LogP contribution in [-0.2, 0) is 21.3 Å². The van der Waals surface area contributed by atoms with E-state index in [4.69, 9.17) is 10.5 Å². The Hall–Kier alpha value is -1.02. The topological polar surface area (TPSA) is 72.6 Å². The molecule has 7 heteroatoms. The molecule has 1 saturated heterocycles. The van der Waals surface area contributed by atoms with Gasteiger partial charge in [-0.3, -0.25) is 0 Å². The lowest BCUT2D eigenvalue weighted by Crippen LogP contribution is -2.46. The SMILES string of the molecule is CC1COCCN1S(=O)(=O)c1ccc(F)c(CN)c1. The Kier molecular flexibility index (Phi) is 4.19. The highest BCUT2D eigenvalue weighted by molar-refractivity contribution is 7.89. The number of benzene rings is 1. The average molecular weight is 288 g/mol. The molecule has 1 heterocycles. The number of ether oxygens (including phenoxy) is 1. The molecule has 19 heavy (non-hydrogen) atoms. The molecule has 0 aliphatic carbocycles. The van der Waals surface area contributed by atoms with Gasteiger partial charge in [-0.25, -0.2) is 12.8 Å². The lowest BCUT2D eigenvalue weighted by Gasteiger charge is -2.32. The van der Waals surface area contributed by atoms with E-state index < -0.39 is 15.8 Å². The zero-order valence-electron chi connectivity index (χ0n) is 10.7. The van der Waals surface area contributed by atoms with Crippen molar-refractivity contribution in [2.75, 3.05) is 19.8 Å². The minimum absolute atomic E-state index is 0.0339. The maximum absolute atomic E-state index is 13.4. The first-order chi connectivity index (χ1) is 8.96. The van der Waals surface area contributed by atoms with Gasteiger partial charge in [-0.15, -0.1) is 0 Å². The van der Waals surface area contributed by atoms with Gasteiger partial charge in [-0.1, -0.05) is 0 Å². The molecule has 0 amide bonds. The van der Waals surface area contributed by atoms with Crippen molar-refractivity contribution in [3.05, 3.63) is 29.6 Å². The summed E-state index contributed by atoms with van der Waals surface area (Å²) in [6.45, 7) is 2.79. The Balaban J connectivity index is 2.38. The van der Waals surface area contributed by atoms with Gasteiger partial charge in [0.1, 0.15) is 5.82 Å². The van der Waals surface area contributed by atoms with Crippen LogP contribution in [0.15, 0.2) is 23.1 Å². The Morgan fingerprint density at radius 1 is 1.53 bits per heavy atom. The predicted octanol–water partition coefficient (Wildman–Crippen LogP) is 0.694. The van der Waals surface area contributed by atoms with Crippen LogP contribution in [0.3, 0.4) is 0 Å². The van der Waals surface area contributed by atoms with E-state index in [9.17, 15) is 12.8 Å². The molecule has 1 aliphatic heterocycles. The Morgan fingerprint density at radius 3 is 2.89 bits per heavy atom. The minimum atomic E-state index is -3.63. The number of rotatable bonds is 3. The quantitative estimate of drug-likeness (QED) is 0.888. The lowest BCUT2D eigenvalue weighted by atomic mass is 10.2. The van der Waals surface area contributed by atoms with Gasteiger partial charge in [0.15, 0.2) is 0 Å². The van der Waals surface area contributed by atoms with Crippen LogP contribution in [0.4, 0.5) is 4.39 Å². The normalized spacial score (nSPS) is 21.5. The van der Waals surface area contributed by atoms with Crippen LogP contribution in [0.25, 0.3) is 0 Å². The van der Waals surface area contributed by atoms with Crippen molar-refractivity contribution in [2.24, 2.45) is 5.73 Å². The number of hydrogen-bond acceptors (Lipinski definition) is 4. The van der Waals surface area contributed by atoms with Crippen LogP contribution in [0.1, 0.15) is 12.5 Å². The molecule has 1 aliphatic rings. The van der Waals surface area contributed by atoms with Gasteiger partial charge in [0.2, 0.25) is 10.0 Å². The predicted molar refractivity (Wildman–Crippen MR) is 68.5 cm³/mol. The summed E-state index contributed by atoms with van der Waals surface area (Å²) in [5, 5.41) is 0. The van der Waals surface area contributed by atoms with Gasteiger partial charge in [-0.2, -0.15) is 4.31 Å². The molecule has 0 bridgehead atoms. The van der Waals surface area contributed by atoms with Crippen LogP contribution in [0.5, 0.6) is 0 Å². The van der Waals surface area contributed by atoms with Crippen LogP contribution in [-0.4, -0.2) is 38.5 Å². The summed E-state index contributed by atoms with van der Waals surface area (Å²) in [7, 11) is -3.63. The fourth-order valence-electron chi connectivity index (χ4n) is 2.07. The smallest absolute Gasteiger partial charge is 0.243 e. The van der Waals surface area contributed by atoms with E-state index in [1.54, 1.807) is 6.92 Å². The first-order valence-electron chi connectivity index (χ1n) is 6.05. The fourth-order valence-corrected chi connectivity index (χ4v) is 3.72. The third-order valence-corrected chi connectivity index (χ3v) is 5.16. The number of sulfonamides is 1. The summed E-state index contributed by atoms with van der Waals surface area (Å²) in [6, 6.07) is 3.48. The fraction of sp³-hybridized carbons (Fsp3) is 0.500. The number of nitrogens with two attached hydrogens (primary N) is 1. The van der Waals surface area contributed by atoms with Crippen molar-refractivity contribution < 1.29 is 17.5 Å². The molecule has 5 nitrogen and oxygen atoms in total. The molecule has 106 valence electrons. The molecule has 1 fully saturated rings. The Labute approximate surface area is 112 Å². The van der Waals surface area contributed by atoms with Gasteiger partial charge in [0.25, 0.3) is 0 Å². The third kappa shape index (κ3) is 2.79. The van der Waals surface area contributed by atoms with Crippen molar-refractivity contribution in [3.63, 3.8) is 0 Å². The Morgan fingerprint density at radius 2 is 2.26 bits per heavy atom. The number of morpholine rings is 1. The van der Waals surface area contributed by atoms with Crippen molar-refractivity contribution >= 4 is 10.0 Å². The standard InChI is InChI=1S/C12H17FN2O3S/c1-9-8-18-5-4-15(9)19(16,17)11-2-3-12(13)10(6-11)7-14/h2-3,6,9H,4-5,7-8,14H2,1H3. The van der Waals surface area contributed by atoms with E-state index in [0.29, 0.717) is 19.8 Å². The van der Waals surface area contributed by atoms with E-state index in [-0.39, 0.29) is 23.0 Å². The number of hydrogen-bond donors (Lipinski definition) is 1. The van der Waals surface area contributed by atoms with Crippen molar-refractivity contribution in [2.45, 2.75) is 24.4 Å². The highest BCUT2D eigenvalue weighted by Crippen LogP contribution is 2.22.